The van der Waals surface area contributed by atoms with Gasteiger partial charge in [0.05, 0.1) is 10.6 Å². The zero-order valence-electron chi connectivity index (χ0n) is 16.5. The van der Waals surface area contributed by atoms with Gasteiger partial charge in [-0.3, -0.25) is 9.36 Å². The van der Waals surface area contributed by atoms with Gasteiger partial charge in [0.15, 0.2) is 11.0 Å². The fraction of sp³-hybridized carbons (Fsp3) is 0.550. The Kier molecular flexibility index (Phi) is 6.11. The number of thiophene rings is 1. The van der Waals surface area contributed by atoms with Gasteiger partial charge in [-0.25, -0.2) is 0 Å². The van der Waals surface area contributed by atoms with Gasteiger partial charge >= 0.3 is 0 Å². The molecule has 0 bridgehead atoms. The summed E-state index contributed by atoms with van der Waals surface area (Å²) in [4.78, 5) is 14.2. The quantitative estimate of drug-likeness (QED) is 0.579. The molecule has 1 aliphatic rings. The van der Waals surface area contributed by atoms with Crippen LogP contribution < -0.4 is 5.32 Å². The topological polar surface area (TPSA) is 59.8 Å². The molecule has 0 aliphatic heterocycles. The molecule has 3 rings (SSSR count). The predicted octanol–water partition coefficient (Wildman–Crippen LogP) is 4.18. The first-order valence-electron chi connectivity index (χ1n) is 9.33. The highest BCUT2D eigenvalue weighted by atomic mass is 32.2. The van der Waals surface area contributed by atoms with Gasteiger partial charge in [-0.05, 0) is 42.2 Å². The molecule has 0 aromatic carbocycles. The van der Waals surface area contributed by atoms with Crippen molar-refractivity contribution < 1.29 is 4.79 Å². The Labute approximate surface area is 169 Å². The number of allylic oxidation sites excluding steroid dienone is 1. The van der Waals surface area contributed by atoms with E-state index in [2.05, 4.69) is 53.5 Å². The highest BCUT2D eigenvalue weighted by molar-refractivity contribution is 7.99. The monoisotopic (exact) mass is 404 g/mol. The fourth-order valence-electron chi connectivity index (χ4n) is 3.45. The molecular formula is C20H28N4OS2. The molecule has 0 fully saturated rings. The smallest absolute Gasteiger partial charge is 0.230 e. The number of thioether (sulfide) groups is 1. The van der Waals surface area contributed by atoms with Crippen LogP contribution in [0.3, 0.4) is 0 Å². The van der Waals surface area contributed by atoms with Gasteiger partial charge in [-0.1, -0.05) is 38.6 Å². The summed E-state index contributed by atoms with van der Waals surface area (Å²) in [6.07, 6.45) is 5.39. The minimum absolute atomic E-state index is 0.0190. The molecule has 2 heterocycles. The number of aromatic nitrogens is 3. The van der Waals surface area contributed by atoms with Crippen molar-refractivity contribution in [2.75, 3.05) is 12.8 Å². The number of rotatable bonds is 6. The highest BCUT2D eigenvalue weighted by Gasteiger charge is 2.30. The standard InChI is InChI=1S/C20H28N4OS2/c1-6-9-24-18(22-23-19(24)26-12-17(25)21-5)16-11-13-10-14(20(2,3)4)7-8-15(13)27-16/h6,11,14H,1,7-10,12H2,2-5H3,(H,21,25)/t14-/m1/s1. The van der Waals surface area contributed by atoms with E-state index < -0.39 is 0 Å². The molecule has 0 spiro atoms. The Morgan fingerprint density at radius 1 is 1.48 bits per heavy atom. The highest BCUT2D eigenvalue weighted by Crippen LogP contribution is 2.42. The number of carbonyl (C=O) groups is 1. The summed E-state index contributed by atoms with van der Waals surface area (Å²) in [5.41, 5.74) is 1.81. The number of amides is 1. The summed E-state index contributed by atoms with van der Waals surface area (Å²) < 4.78 is 2.05. The lowest BCUT2D eigenvalue weighted by Gasteiger charge is -2.33. The van der Waals surface area contributed by atoms with Crippen LogP contribution in [0.15, 0.2) is 23.9 Å². The van der Waals surface area contributed by atoms with E-state index in [0.717, 1.165) is 34.6 Å². The van der Waals surface area contributed by atoms with E-state index in [1.165, 1.54) is 28.6 Å². The first-order chi connectivity index (χ1) is 12.8. The van der Waals surface area contributed by atoms with Crippen molar-refractivity contribution in [2.24, 2.45) is 11.3 Å². The van der Waals surface area contributed by atoms with Crippen molar-refractivity contribution in [3.05, 3.63) is 29.2 Å². The number of hydrogen-bond donors (Lipinski definition) is 1. The average Bonchev–Trinajstić information content (AvgIpc) is 3.22. The number of aryl methyl sites for hydroxylation is 1. The van der Waals surface area contributed by atoms with Gasteiger partial charge in [0.1, 0.15) is 0 Å². The van der Waals surface area contributed by atoms with Crippen molar-refractivity contribution in [3.63, 3.8) is 0 Å². The second kappa shape index (κ2) is 8.19. The van der Waals surface area contributed by atoms with Crippen LogP contribution in [0, 0.1) is 11.3 Å². The lowest BCUT2D eigenvalue weighted by atomic mass is 9.72. The molecule has 2 aromatic heterocycles. The Bertz CT molecular complexity index is 832. The zero-order chi connectivity index (χ0) is 19.6. The molecule has 0 radical (unpaired) electrons. The summed E-state index contributed by atoms with van der Waals surface area (Å²) in [6.45, 7) is 11.5. The molecule has 1 aliphatic carbocycles. The number of nitrogens with zero attached hydrogens (tertiary/aromatic N) is 3. The van der Waals surface area contributed by atoms with Crippen LogP contribution in [-0.4, -0.2) is 33.5 Å². The van der Waals surface area contributed by atoms with Gasteiger partial charge in [-0.2, -0.15) is 0 Å². The fourth-order valence-corrected chi connectivity index (χ4v) is 5.47. The van der Waals surface area contributed by atoms with Crippen LogP contribution in [0.1, 0.15) is 37.6 Å². The molecule has 0 saturated heterocycles. The predicted molar refractivity (Wildman–Crippen MR) is 113 cm³/mol. The minimum Gasteiger partial charge on any atom is -0.358 e. The normalized spacial score (nSPS) is 16.8. The van der Waals surface area contributed by atoms with Gasteiger partial charge in [-0.15, -0.1) is 28.1 Å². The number of carbonyl (C=O) groups excluding carboxylic acids is 1. The van der Waals surface area contributed by atoms with Crippen molar-refractivity contribution in [2.45, 2.75) is 51.7 Å². The molecule has 1 N–H and O–H groups in total. The Balaban J connectivity index is 1.87. The average molecular weight is 405 g/mol. The maximum Gasteiger partial charge on any atom is 0.230 e. The summed E-state index contributed by atoms with van der Waals surface area (Å²) in [5, 5.41) is 12.2. The molecule has 1 atom stereocenters. The summed E-state index contributed by atoms with van der Waals surface area (Å²) in [5.74, 6) is 1.91. The number of nitrogens with one attached hydrogen (secondary N) is 1. The van der Waals surface area contributed by atoms with Crippen LogP contribution in [0.25, 0.3) is 10.7 Å². The third-order valence-corrected chi connectivity index (χ3v) is 7.37. The lowest BCUT2D eigenvalue weighted by molar-refractivity contribution is -0.118. The molecule has 1 amide bonds. The van der Waals surface area contributed by atoms with E-state index in [-0.39, 0.29) is 5.91 Å². The molecule has 0 saturated carbocycles. The van der Waals surface area contributed by atoms with Gasteiger partial charge in [0.2, 0.25) is 5.91 Å². The summed E-state index contributed by atoms with van der Waals surface area (Å²) in [7, 11) is 1.64. The SMILES string of the molecule is C=CCn1c(SCC(=O)NC)nnc1-c1cc2c(s1)CC[C@@H](C(C)(C)C)C2. The van der Waals surface area contributed by atoms with Gasteiger partial charge in [0.25, 0.3) is 0 Å². The Morgan fingerprint density at radius 3 is 2.93 bits per heavy atom. The van der Waals surface area contributed by atoms with Gasteiger partial charge < -0.3 is 5.32 Å². The van der Waals surface area contributed by atoms with Crippen molar-refractivity contribution in [3.8, 4) is 10.7 Å². The molecule has 146 valence electrons. The van der Waals surface area contributed by atoms with Gasteiger partial charge in [0, 0.05) is 18.5 Å². The van der Waals surface area contributed by atoms with E-state index in [1.54, 1.807) is 7.05 Å². The van der Waals surface area contributed by atoms with E-state index >= 15 is 0 Å². The second-order valence-corrected chi connectivity index (χ2v) is 10.1. The number of hydrogen-bond acceptors (Lipinski definition) is 5. The minimum atomic E-state index is -0.0190. The molecule has 0 unspecified atom stereocenters. The molecule has 27 heavy (non-hydrogen) atoms. The Morgan fingerprint density at radius 2 is 2.26 bits per heavy atom. The van der Waals surface area contributed by atoms with E-state index in [1.807, 2.05) is 17.4 Å². The third kappa shape index (κ3) is 4.46. The van der Waals surface area contributed by atoms with Crippen molar-refractivity contribution >= 4 is 29.0 Å². The molecule has 7 heteroatoms. The maximum absolute atomic E-state index is 11.6. The molecular weight excluding hydrogens is 376 g/mol. The zero-order valence-corrected chi connectivity index (χ0v) is 18.2. The van der Waals surface area contributed by atoms with E-state index in [4.69, 9.17) is 0 Å². The number of fused-ring (bicyclic) bond motifs is 1. The third-order valence-electron chi connectivity index (χ3n) is 5.17. The largest absolute Gasteiger partial charge is 0.358 e. The van der Waals surface area contributed by atoms with Crippen LogP contribution >= 0.6 is 23.1 Å². The van der Waals surface area contributed by atoms with E-state index in [9.17, 15) is 4.79 Å². The van der Waals surface area contributed by atoms with Crippen LogP contribution in [0.5, 0.6) is 0 Å². The summed E-state index contributed by atoms with van der Waals surface area (Å²) in [6, 6.07) is 2.30. The van der Waals surface area contributed by atoms with Crippen molar-refractivity contribution in [1.82, 2.24) is 20.1 Å². The van der Waals surface area contributed by atoms with Crippen molar-refractivity contribution in [1.29, 1.82) is 0 Å². The van der Waals surface area contributed by atoms with Crippen LogP contribution in [0.4, 0.5) is 0 Å². The van der Waals surface area contributed by atoms with E-state index in [0.29, 0.717) is 17.7 Å². The first kappa shape index (κ1) is 20.1. The summed E-state index contributed by atoms with van der Waals surface area (Å²) >= 11 is 3.25. The second-order valence-electron chi connectivity index (χ2n) is 8.03. The molecule has 5 nitrogen and oxygen atoms in total. The Hall–Kier alpha value is -1.60. The van der Waals surface area contributed by atoms with Crippen LogP contribution in [0.2, 0.25) is 0 Å². The first-order valence-corrected chi connectivity index (χ1v) is 11.1. The van der Waals surface area contributed by atoms with Crippen LogP contribution in [-0.2, 0) is 24.2 Å². The molecule has 2 aromatic rings. The lowest BCUT2D eigenvalue weighted by Crippen LogP contribution is -2.26. The maximum atomic E-state index is 11.6.